The molecule has 0 saturated carbocycles. The van der Waals surface area contributed by atoms with E-state index in [-0.39, 0.29) is 36.0 Å². The molecule has 0 spiro atoms. The molecule has 0 aliphatic carbocycles. The van der Waals surface area contributed by atoms with Gasteiger partial charge in [0.15, 0.2) is 0 Å². The molecule has 4 N–H and O–H groups in total. The summed E-state index contributed by atoms with van der Waals surface area (Å²) in [6.45, 7) is 6.33. The first kappa shape index (κ1) is 35.7. The Hall–Kier alpha value is -3.58. The molecule has 5 rings (SSSR count). The van der Waals surface area contributed by atoms with Crippen molar-refractivity contribution in [3.8, 4) is 0 Å². The molecule has 2 heterocycles. The van der Waals surface area contributed by atoms with Gasteiger partial charge in [0.05, 0.1) is 23.6 Å². The number of rotatable bonds is 16. The highest BCUT2D eigenvalue weighted by atomic mass is 32.2. The molecule has 2 aliphatic rings. The molecule has 0 radical (unpaired) electrons. The van der Waals surface area contributed by atoms with Gasteiger partial charge in [0.2, 0.25) is 10.0 Å². The van der Waals surface area contributed by atoms with Crippen LogP contribution < -0.4 is 16.0 Å². The predicted octanol–water partition coefficient (Wildman–Crippen LogP) is 4.17. The lowest BCUT2D eigenvalue weighted by Gasteiger charge is -2.31. The maximum absolute atomic E-state index is 14.1. The van der Waals surface area contributed by atoms with E-state index in [4.69, 9.17) is 9.47 Å². The van der Waals surface area contributed by atoms with Gasteiger partial charge in [-0.1, -0.05) is 98.8 Å². The predicted molar refractivity (Wildman–Crippen MR) is 186 cm³/mol. The molecular weight excluding hydrogens is 628 g/mol. The fraction of sp³-hybridized carbons (Fsp3) is 0.432. The highest BCUT2D eigenvalue weighted by molar-refractivity contribution is 7.89. The minimum Gasteiger partial charge on any atom is -0.443 e. The Balaban J connectivity index is 1.27. The molecule has 3 aromatic carbocycles. The first-order valence-corrected chi connectivity index (χ1v) is 18.2. The van der Waals surface area contributed by atoms with Crippen molar-refractivity contribution in [3.63, 3.8) is 0 Å². The number of amides is 1. The van der Waals surface area contributed by atoms with E-state index >= 15 is 0 Å². The van der Waals surface area contributed by atoms with Crippen molar-refractivity contribution in [1.29, 1.82) is 0 Å². The van der Waals surface area contributed by atoms with Crippen LogP contribution in [0, 0.1) is 11.8 Å². The zero-order chi connectivity index (χ0) is 33.9. The number of carbonyl (C=O) groups is 1. The number of nitrogens with one attached hydrogen (secondary N) is 3. The lowest BCUT2D eigenvalue weighted by atomic mass is 10.0. The second kappa shape index (κ2) is 17.2. The van der Waals surface area contributed by atoms with Crippen LogP contribution in [-0.2, 0) is 32.5 Å². The van der Waals surface area contributed by atoms with E-state index in [0.29, 0.717) is 19.6 Å². The average Bonchev–Trinajstić information content (AvgIpc) is 3.70. The third kappa shape index (κ3) is 9.97. The second-order valence-electron chi connectivity index (χ2n) is 12.9. The largest absolute Gasteiger partial charge is 0.443 e. The average molecular weight is 677 g/mol. The molecule has 0 aromatic heterocycles. The minimum absolute atomic E-state index is 0.00780. The number of aliphatic hydroxyl groups excluding tert-OH is 1. The number of alkyl carbamates (subject to hydrolysis) is 1. The lowest BCUT2D eigenvalue weighted by molar-refractivity contribution is 0.0503. The number of sulfonamides is 1. The molecule has 10 nitrogen and oxygen atoms in total. The van der Waals surface area contributed by atoms with E-state index in [1.54, 1.807) is 18.2 Å². The van der Waals surface area contributed by atoms with Crippen LogP contribution in [0.2, 0.25) is 0 Å². The van der Waals surface area contributed by atoms with Gasteiger partial charge in [-0.25, -0.2) is 13.2 Å². The molecule has 2 aliphatic heterocycles. The summed E-state index contributed by atoms with van der Waals surface area (Å²) in [6, 6.07) is 25.6. The van der Waals surface area contributed by atoms with E-state index in [1.807, 2.05) is 80.6 Å². The first-order valence-electron chi connectivity index (χ1n) is 16.7. The number of aliphatic hydroxyl groups is 1. The summed E-state index contributed by atoms with van der Waals surface area (Å²) < 4.78 is 40.9. The normalized spacial score (nSPS) is 20.6. The van der Waals surface area contributed by atoms with Gasteiger partial charge < -0.3 is 25.2 Å². The van der Waals surface area contributed by atoms with Crippen LogP contribution in [-0.4, -0.2) is 81.2 Å². The van der Waals surface area contributed by atoms with Crippen LogP contribution in [0.5, 0.6) is 0 Å². The Morgan fingerprint density at radius 2 is 1.77 bits per heavy atom. The van der Waals surface area contributed by atoms with Gasteiger partial charge in [-0.3, -0.25) is 5.32 Å². The van der Waals surface area contributed by atoms with Crippen molar-refractivity contribution in [3.05, 3.63) is 108 Å². The van der Waals surface area contributed by atoms with Crippen molar-refractivity contribution in [2.45, 2.75) is 62.6 Å². The quantitative estimate of drug-likeness (QED) is 0.167. The second-order valence-corrected chi connectivity index (χ2v) is 14.9. The number of fused-ring (bicyclic) bond motifs is 1. The Kier molecular flexibility index (Phi) is 12.8. The maximum Gasteiger partial charge on any atom is 0.407 e. The van der Waals surface area contributed by atoms with Crippen LogP contribution in [0.15, 0.2) is 95.9 Å². The van der Waals surface area contributed by atoms with Crippen LogP contribution in [0.4, 0.5) is 4.79 Å². The number of hydrogen-bond donors (Lipinski definition) is 4. The summed E-state index contributed by atoms with van der Waals surface area (Å²) >= 11 is 0. The summed E-state index contributed by atoms with van der Waals surface area (Å²) in [6.07, 6.45) is 2.61. The van der Waals surface area contributed by atoms with Crippen LogP contribution >= 0.6 is 0 Å². The molecule has 1 unspecified atom stereocenters. The Labute approximate surface area is 284 Å². The molecule has 48 heavy (non-hydrogen) atoms. The number of hydrogen-bond acceptors (Lipinski definition) is 8. The number of ether oxygens (including phenoxy) is 2. The van der Waals surface area contributed by atoms with Gasteiger partial charge in [-0.15, -0.1) is 0 Å². The monoisotopic (exact) mass is 676 g/mol. The van der Waals surface area contributed by atoms with Gasteiger partial charge >= 0.3 is 6.09 Å². The Morgan fingerprint density at radius 1 is 1.04 bits per heavy atom. The number of nitrogens with zero attached hydrogens (tertiary/aromatic N) is 1. The van der Waals surface area contributed by atoms with Gasteiger partial charge in [-0.2, -0.15) is 4.31 Å². The molecule has 0 bridgehead atoms. The zero-order valence-electron chi connectivity index (χ0n) is 27.7. The zero-order valence-corrected chi connectivity index (χ0v) is 28.5. The number of benzene rings is 3. The fourth-order valence-corrected chi connectivity index (χ4v) is 7.89. The van der Waals surface area contributed by atoms with Gasteiger partial charge in [0, 0.05) is 32.1 Å². The van der Waals surface area contributed by atoms with Crippen LogP contribution in [0.3, 0.4) is 0 Å². The van der Waals surface area contributed by atoms with E-state index in [0.717, 1.165) is 30.6 Å². The standard InChI is InChI=1S/C37H48N4O6S/c1-27(2)24-41(48(44,45)31-17-9-15-28(21-31)16-10-19-38-23-30-13-7-4-8-14-30)25-34(42)33(22-29-11-5-3-6-12-29)40-37(43)47-35-26-46-36-32(35)18-20-39-36/h3-17,21,27,32-36,38-39,42H,18-20,22-26H2,1-2H3,(H,40,43)/t32-,33-,34+,35?,36+/m0/s1. The van der Waals surface area contributed by atoms with E-state index < -0.39 is 34.4 Å². The van der Waals surface area contributed by atoms with E-state index in [9.17, 15) is 18.3 Å². The van der Waals surface area contributed by atoms with Crippen molar-refractivity contribution >= 4 is 22.2 Å². The SMILES string of the molecule is CC(C)CN(C[C@@H](O)[C@H](Cc1ccccc1)NC(=O)OC1CO[C@H]2NCC[C@@H]12)S(=O)(=O)c1cccc(C=CCNCc2ccccc2)c1. The topological polar surface area (TPSA) is 129 Å². The third-order valence-corrected chi connectivity index (χ3v) is 10.5. The smallest absolute Gasteiger partial charge is 0.407 e. The first-order chi connectivity index (χ1) is 23.2. The van der Waals surface area contributed by atoms with E-state index in [1.165, 1.54) is 9.87 Å². The highest BCUT2D eigenvalue weighted by Crippen LogP contribution is 2.29. The highest BCUT2D eigenvalue weighted by Gasteiger charge is 2.43. The summed E-state index contributed by atoms with van der Waals surface area (Å²) in [5, 5.41) is 21.1. The van der Waals surface area contributed by atoms with Crippen molar-refractivity contribution in [2.24, 2.45) is 11.8 Å². The summed E-state index contributed by atoms with van der Waals surface area (Å²) in [7, 11) is -3.99. The minimum atomic E-state index is -3.99. The van der Waals surface area contributed by atoms with E-state index in [2.05, 4.69) is 28.1 Å². The van der Waals surface area contributed by atoms with Crippen molar-refractivity contribution < 1.29 is 27.8 Å². The lowest BCUT2D eigenvalue weighted by Crippen LogP contribution is -2.51. The molecule has 3 aromatic rings. The van der Waals surface area contributed by atoms with Crippen LogP contribution in [0.1, 0.15) is 37.0 Å². The van der Waals surface area contributed by atoms with Crippen molar-refractivity contribution in [2.75, 3.05) is 32.8 Å². The van der Waals surface area contributed by atoms with Gasteiger partial charge in [0.25, 0.3) is 0 Å². The molecule has 2 fully saturated rings. The molecule has 2 saturated heterocycles. The summed E-state index contributed by atoms with van der Waals surface area (Å²) in [5.41, 5.74) is 2.83. The third-order valence-electron chi connectivity index (χ3n) is 8.65. The van der Waals surface area contributed by atoms with Crippen molar-refractivity contribution in [1.82, 2.24) is 20.3 Å². The fourth-order valence-electron chi connectivity index (χ4n) is 6.21. The Morgan fingerprint density at radius 3 is 2.50 bits per heavy atom. The summed E-state index contributed by atoms with van der Waals surface area (Å²) in [5.74, 6) is 0.0719. The maximum atomic E-state index is 14.1. The van der Waals surface area contributed by atoms with Crippen LogP contribution in [0.25, 0.3) is 6.08 Å². The molecular formula is C37H48N4O6S. The van der Waals surface area contributed by atoms with Gasteiger partial charge in [0.1, 0.15) is 12.3 Å². The Bertz CT molecular complexity index is 1590. The molecule has 11 heteroatoms. The molecule has 1 amide bonds. The molecule has 258 valence electrons. The number of carbonyl (C=O) groups excluding carboxylic acids is 1. The molecule has 5 atom stereocenters. The van der Waals surface area contributed by atoms with Gasteiger partial charge in [-0.05, 0) is 54.1 Å². The summed E-state index contributed by atoms with van der Waals surface area (Å²) in [4.78, 5) is 13.3.